The Morgan fingerprint density at radius 3 is 2.87 bits per heavy atom. The number of rotatable bonds is 3. The number of nitrogens with zero attached hydrogens (tertiary/aromatic N) is 4. The van der Waals surface area contributed by atoms with E-state index in [9.17, 15) is 9.90 Å². The van der Waals surface area contributed by atoms with Crippen LogP contribution in [0.2, 0.25) is 5.02 Å². The molecule has 0 aliphatic carbocycles. The fourth-order valence-corrected chi connectivity index (χ4v) is 4.25. The fourth-order valence-electron chi connectivity index (χ4n) is 4.08. The van der Waals surface area contributed by atoms with Gasteiger partial charge in [-0.2, -0.15) is 9.61 Å². The molecule has 5 rings (SSSR count). The van der Waals surface area contributed by atoms with Crippen LogP contribution in [-0.2, 0) is 4.79 Å². The monoisotopic (exact) mass is 422 g/mol. The zero-order valence-electron chi connectivity index (χ0n) is 15.9. The molecule has 2 unspecified atom stereocenters. The van der Waals surface area contributed by atoms with Gasteiger partial charge in [-0.3, -0.25) is 9.78 Å². The first kappa shape index (κ1) is 18.8. The van der Waals surface area contributed by atoms with Gasteiger partial charge in [-0.1, -0.05) is 17.7 Å². The minimum Gasteiger partial charge on any atom is -0.480 e. The first-order valence-corrected chi connectivity index (χ1v) is 10.0. The summed E-state index contributed by atoms with van der Waals surface area (Å²) >= 11 is 6.12. The van der Waals surface area contributed by atoms with Crippen molar-refractivity contribution in [2.24, 2.45) is 0 Å². The summed E-state index contributed by atoms with van der Waals surface area (Å²) in [5, 5.41) is 18.3. The molecule has 2 atom stereocenters. The highest BCUT2D eigenvalue weighted by molar-refractivity contribution is 6.31. The van der Waals surface area contributed by atoms with E-state index in [1.807, 2.05) is 30.3 Å². The van der Waals surface area contributed by atoms with Crippen LogP contribution >= 0.6 is 11.6 Å². The summed E-state index contributed by atoms with van der Waals surface area (Å²) < 4.78 is 1.62. The number of aliphatic carboxylic acids is 1. The quantitative estimate of drug-likeness (QED) is 0.464. The van der Waals surface area contributed by atoms with Gasteiger partial charge in [0, 0.05) is 40.7 Å². The van der Waals surface area contributed by atoms with E-state index in [0.29, 0.717) is 29.5 Å². The summed E-state index contributed by atoms with van der Waals surface area (Å²) in [5.41, 5.74) is 10.4. The summed E-state index contributed by atoms with van der Waals surface area (Å²) in [6.07, 6.45) is 4.77. The summed E-state index contributed by atoms with van der Waals surface area (Å²) in [7, 11) is 0. The highest BCUT2D eigenvalue weighted by atomic mass is 35.5. The van der Waals surface area contributed by atoms with E-state index in [1.165, 1.54) is 0 Å². The number of benzene rings is 1. The van der Waals surface area contributed by atoms with Crippen molar-refractivity contribution in [2.45, 2.75) is 24.8 Å². The Bertz CT molecular complexity index is 1280. The molecule has 0 amide bonds. The predicted molar refractivity (Wildman–Crippen MR) is 115 cm³/mol. The highest BCUT2D eigenvalue weighted by Gasteiger charge is 2.27. The van der Waals surface area contributed by atoms with Gasteiger partial charge in [0.05, 0.1) is 17.4 Å². The highest BCUT2D eigenvalue weighted by Crippen LogP contribution is 2.33. The number of piperidine rings is 1. The number of nitrogens with one attached hydrogen (secondary N) is 1. The van der Waals surface area contributed by atoms with E-state index < -0.39 is 12.0 Å². The molecule has 0 bridgehead atoms. The molecule has 0 saturated carbocycles. The van der Waals surface area contributed by atoms with Gasteiger partial charge in [-0.25, -0.2) is 4.98 Å². The van der Waals surface area contributed by atoms with Crippen LogP contribution in [-0.4, -0.2) is 43.2 Å². The maximum absolute atomic E-state index is 11.2. The number of fused-ring (bicyclic) bond motifs is 2. The van der Waals surface area contributed by atoms with Gasteiger partial charge in [0.15, 0.2) is 5.65 Å². The van der Waals surface area contributed by atoms with Gasteiger partial charge in [0.25, 0.3) is 0 Å². The van der Waals surface area contributed by atoms with Crippen LogP contribution in [0, 0.1) is 0 Å². The lowest BCUT2D eigenvalue weighted by molar-refractivity contribution is -0.140. The minimum absolute atomic E-state index is 0.0867. The molecule has 30 heavy (non-hydrogen) atoms. The normalized spacial score (nSPS) is 19.4. The van der Waals surface area contributed by atoms with Crippen LogP contribution < -0.4 is 11.1 Å². The number of hydrogen-bond acceptors (Lipinski definition) is 6. The summed E-state index contributed by atoms with van der Waals surface area (Å²) in [4.78, 5) is 20.5. The summed E-state index contributed by atoms with van der Waals surface area (Å²) in [5.74, 6) is -0.245. The second-order valence-corrected chi connectivity index (χ2v) is 7.93. The van der Waals surface area contributed by atoms with E-state index >= 15 is 0 Å². The van der Waals surface area contributed by atoms with Crippen LogP contribution in [0.25, 0.3) is 27.7 Å². The van der Waals surface area contributed by atoms with Crippen LogP contribution in [0.4, 0.5) is 5.82 Å². The molecule has 4 aromatic rings. The Morgan fingerprint density at radius 1 is 1.23 bits per heavy atom. The largest absolute Gasteiger partial charge is 0.480 e. The number of aromatic nitrogens is 4. The second-order valence-electron chi connectivity index (χ2n) is 7.49. The number of hydrogen-bond donors (Lipinski definition) is 3. The third-order valence-corrected chi connectivity index (χ3v) is 5.88. The van der Waals surface area contributed by atoms with Gasteiger partial charge >= 0.3 is 5.97 Å². The number of carboxylic acid groups (broad SMARTS) is 1. The lowest BCUT2D eigenvalue weighted by Crippen LogP contribution is -2.43. The van der Waals surface area contributed by atoms with E-state index in [2.05, 4.69) is 15.4 Å². The predicted octanol–water partition coefficient (Wildman–Crippen LogP) is 3.10. The molecule has 1 aliphatic rings. The molecule has 4 N–H and O–H groups in total. The van der Waals surface area contributed by atoms with Crippen molar-refractivity contribution >= 4 is 39.9 Å². The SMILES string of the molecule is Nc1cc(C2CCC(C(=O)O)NC2)nc2c(-c3ccnc4cc(Cl)ccc34)cnn12. The first-order chi connectivity index (χ1) is 14.5. The molecule has 1 saturated heterocycles. The first-order valence-electron chi connectivity index (χ1n) is 9.66. The smallest absolute Gasteiger partial charge is 0.320 e. The van der Waals surface area contributed by atoms with Gasteiger partial charge in [0.1, 0.15) is 11.9 Å². The Balaban J connectivity index is 1.60. The van der Waals surface area contributed by atoms with E-state index in [4.69, 9.17) is 22.3 Å². The second kappa shape index (κ2) is 7.23. The van der Waals surface area contributed by atoms with Crippen LogP contribution in [0.5, 0.6) is 0 Å². The standard InChI is InChI=1S/C21H19ClN6O2/c22-12-2-3-14-13(5-6-24-18(14)7-12)15-10-26-28-19(23)8-17(27-20(15)28)11-1-4-16(21(29)30)25-9-11/h2-3,5-8,10-11,16,25H,1,4,9,23H2,(H,29,30). The molecule has 4 heterocycles. The van der Waals surface area contributed by atoms with Gasteiger partial charge < -0.3 is 16.2 Å². The van der Waals surface area contributed by atoms with E-state index in [0.717, 1.165) is 34.1 Å². The van der Waals surface area contributed by atoms with E-state index in [-0.39, 0.29) is 5.92 Å². The average molecular weight is 423 g/mol. The maximum Gasteiger partial charge on any atom is 0.320 e. The van der Waals surface area contributed by atoms with Crippen molar-refractivity contribution in [1.82, 2.24) is 24.9 Å². The Hall–Kier alpha value is -3.23. The summed E-state index contributed by atoms with van der Waals surface area (Å²) in [6.45, 7) is 0.541. The number of nitrogen functional groups attached to an aromatic ring is 1. The van der Waals surface area contributed by atoms with Crippen LogP contribution in [0.3, 0.4) is 0 Å². The number of pyridine rings is 1. The van der Waals surface area contributed by atoms with Crippen molar-refractivity contribution in [3.63, 3.8) is 0 Å². The van der Waals surface area contributed by atoms with Gasteiger partial charge in [-0.05, 0) is 36.6 Å². The van der Waals surface area contributed by atoms with Crippen LogP contribution in [0.1, 0.15) is 24.5 Å². The lowest BCUT2D eigenvalue weighted by atomic mass is 9.92. The number of carboxylic acids is 1. The van der Waals surface area contributed by atoms with Crippen molar-refractivity contribution in [2.75, 3.05) is 12.3 Å². The topological polar surface area (TPSA) is 118 Å². The molecule has 1 aromatic carbocycles. The number of halogens is 1. The summed E-state index contributed by atoms with van der Waals surface area (Å²) in [6, 6.07) is 8.84. The van der Waals surface area contributed by atoms with Crippen molar-refractivity contribution < 1.29 is 9.90 Å². The molecular formula is C21H19ClN6O2. The van der Waals surface area contributed by atoms with Crippen LogP contribution in [0.15, 0.2) is 42.7 Å². The van der Waals surface area contributed by atoms with Crippen molar-refractivity contribution in [3.05, 3.63) is 53.4 Å². The van der Waals surface area contributed by atoms with Gasteiger partial charge in [0.2, 0.25) is 0 Å². The van der Waals surface area contributed by atoms with Crippen molar-refractivity contribution in [3.8, 4) is 11.1 Å². The third-order valence-electron chi connectivity index (χ3n) is 5.64. The van der Waals surface area contributed by atoms with E-state index in [1.54, 1.807) is 16.9 Å². The number of carbonyl (C=O) groups is 1. The minimum atomic E-state index is -0.820. The molecule has 1 fully saturated rings. The molecule has 9 heteroatoms. The Kier molecular flexibility index (Phi) is 4.52. The Labute approximate surface area is 176 Å². The number of anilines is 1. The molecule has 0 spiro atoms. The number of nitrogens with two attached hydrogens (primary N) is 1. The van der Waals surface area contributed by atoms with Crippen molar-refractivity contribution in [1.29, 1.82) is 0 Å². The molecular weight excluding hydrogens is 404 g/mol. The lowest BCUT2D eigenvalue weighted by Gasteiger charge is -2.27. The zero-order chi connectivity index (χ0) is 20.8. The Morgan fingerprint density at radius 2 is 2.10 bits per heavy atom. The molecule has 8 nitrogen and oxygen atoms in total. The molecule has 0 radical (unpaired) electrons. The van der Waals surface area contributed by atoms with Gasteiger partial charge in [-0.15, -0.1) is 0 Å². The maximum atomic E-state index is 11.2. The average Bonchev–Trinajstić information content (AvgIpc) is 3.17. The fraction of sp³-hybridized carbons (Fsp3) is 0.238. The molecule has 152 valence electrons. The molecule has 1 aliphatic heterocycles. The molecule has 3 aromatic heterocycles. The zero-order valence-corrected chi connectivity index (χ0v) is 16.7. The third kappa shape index (κ3) is 3.14.